The molecular formula is C14H20O4S. The van der Waals surface area contributed by atoms with E-state index in [1.165, 1.54) is 7.11 Å². The minimum absolute atomic E-state index is 0.0685. The maximum absolute atomic E-state index is 11.7. The number of aliphatic hydroxyl groups is 1. The number of methoxy groups -OCH3 is 1. The molecule has 0 unspecified atom stereocenters. The Labute approximate surface area is 118 Å². The zero-order valence-electron chi connectivity index (χ0n) is 11.6. The summed E-state index contributed by atoms with van der Waals surface area (Å²) in [4.78, 5) is 11.7. The van der Waals surface area contributed by atoms with Gasteiger partial charge in [-0.2, -0.15) is 11.8 Å². The molecule has 0 saturated heterocycles. The Balaban J connectivity index is 3.13. The second kappa shape index (κ2) is 8.07. The van der Waals surface area contributed by atoms with E-state index in [-0.39, 0.29) is 12.6 Å². The molecule has 0 heterocycles. The van der Waals surface area contributed by atoms with Crippen LogP contribution in [0.3, 0.4) is 0 Å². The standard InChI is InChI=1S/C14H20O4S/c1-4-5-13(16)18-14-11(9-19-3)6-10(8-15)7-12(14)17-2/h6-7,15H,4-5,8-9H2,1-3H3. The van der Waals surface area contributed by atoms with Gasteiger partial charge in [0, 0.05) is 17.7 Å². The van der Waals surface area contributed by atoms with Crippen molar-refractivity contribution in [2.75, 3.05) is 13.4 Å². The summed E-state index contributed by atoms with van der Waals surface area (Å²) < 4.78 is 10.7. The lowest BCUT2D eigenvalue weighted by Crippen LogP contribution is -2.10. The van der Waals surface area contributed by atoms with Gasteiger partial charge in [-0.1, -0.05) is 6.92 Å². The second-order valence-corrected chi connectivity index (χ2v) is 4.97. The molecule has 106 valence electrons. The summed E-state index contributed by atoms with van der Waals surface area (Å²) in [5, 5.41) is 9.24. The predicted molar refractivity (Wildman–Crippen MR) is 76.7 cm³/mol. The minimum Gasteiger partial charge on any atom is -0.493 e. The van der Waals surface area contributed by atoms with Gasteiger partial charge in [0.25, 0.3) is 0 Å². The Morgan fingerprint density at radius 1 is 1.42 bits per heavy atom. The summed E-state index contributed by atoms with van der Waals surface area (Å²) in [6.45, 7) is 1.86. The Bertz CT molecular complexity index is 432. The van der Waals surface area contributed by atoms with Crippen LogP contribution >= 0.6 is 11.8 Å². The van der Waals surface area contributed by atoms with E-state index in [9.17, 15) is 9.90 Å². The zero-order valence-corrected chi connectivity index (χ0v) is 12.4. The van der Waals surface area contributed by atoms with Gasteiger partial charge in [0.15, 0.2) is 11.5 Å². The summed E-state index contributed by atoms with van der Waals surface area (Å²) in [7, 11) is 1.52. The number of hydrogen-bond acceptors (Lipinski definition) is 5. The van der Waals surface area contributed by atoms with Crippen molar-refractivity contribution in [2.24, 2.45) is 0 Å². The molecule has 1 aromatic rings. The molecule has 1 rings (SSSR count). The van der Waals surface area contributed by atoms with Gasteiger partial charge in [0.05, 0.1) is 13.7 Å². The van der Waals surface area contributed by atoms with E-state index in [4.69, 9.17) is 9.47 Å². The van der Waals surface area contributed by atoms with E-state index in [2.05, 4.69) is 0 Å². The molecule has 4 nitrogen and oxygen atoms in total. The first kappa shape index (κ1) is 15.9. The smallest absolute Gasteiger partial charge is 0.311 e. The van der Waals surface area contributed by atoms with Crippen LogP contribution in [-0.2, 0) is 17.2 Å². The number of esters is 1. The highest BCUT2D eigenvalue weighted by Gasteiger charge is 2.16. The number of ether oxygens (including phenoxy) is 2. The summed E-state index contributed by atoms with van der Waals surface area (Å²) in [5.41, 5.74) is 1.61. The minimum atomic E-state index is -0.264. The molecule has 0 amide bonds. The normalized spacial score (nSPS) is 10.3. The second-order valence-electron chi connectivity index (χ2n) is 4.10. The number of thioether (sulfide) groups is 1. The molecule has 0 aliphatic carbocycles. The largest absolute Gasteiger partial charge is 0.493 e. The SMILES string of the molecule is CCCC(=O)Oc1c(CSC)cc(CO)cc1OC. The molecule has 1 aromatic carbocycles. The predicted octanol–water partition coefficient (Wildman–Crippen LogP) is 2.76. The topological polar surface area (TPSA) is 55.8 Å². The third kappa shape index (κ3) is 4.44. The van der Waals surface area contributed by atoms with E-state index < -0.39 is 0 Å². The molecule has 0 spiro atoms. The highest BCUT2D eigenvalue weighted by molar-refractivity contribution is 7.97. The molecular weight excluding hydrogens is 264 g/mol. The summed E-state index contributed by atoms with van der Waals surface area (Å²) in [6, 6.07) is 3.53. The number of aliphatic hydroxyl groups excluding tert-OH is 1. The molecule has 0 aromatic heterocycles. The van der Waals surface area contributed by atoms with E-state index in [1.54, 1.807) is 17.8 Å². The van der Waals surface area contributed by atoms with Crippen LogP contribution < -0.4 is 9.47 Å². The molecule has 0 radical (unpaired) electrons. The van der Waals surface area contributed by atoms with Crippen molar-refractivity contribution in [2.45, 2.75) is 32.1 Å². The maximum Gasteiger partial charge on any atom is 0.311 e. The first-order chi connectivity index (χ1) is 9.15. The summed E-state index contributed by atoms with van der Waals surface area (Å²) >= 11 is 1.62. The van der Waals surface area contributed by atoms with Crippen molar-refractivity contribution in [3.05, 3.63) is 23.3 Å². The fourth-order valence-electron chi connectivity index (χ4n) is 1.71. The van der Waals surface area contributed by atoms with Crippen LogP contribution in [0.25, 0.3) is 0 Å². The first-order valence-electron chi connectivity index (χ1n) is 6.16. The third-order valence-electron chi connectivity index (χ3n) is 2.56. The number of benzene rings is 1. The fourth-order valence-corrected chi connectivity index (χ4v) is 2.24. The van der Waals surface area contributed by atoms with E-state index >= 15 is 0 Å². The van der Waals surface area contributed by atoms with Crippen LogP contribution in [0.2, 0.25) is 0 Å². The van der Waals surface area contributed by atoms with Crippen molar-refractivity contribution < 1.29 is 19.4 Å². The third-order valence-corrected chi connectivity index (χ3v) is 3.16. The van der Waals surface area contributed by atoms with Crippen LogP contribution in [0.1, 0.15) is 30.9 Å². The van der Waals surface area contributed by atoms with Gasteiger partial charge in [-0.25, -0.2) is 0 Å². The van der Waals surface area contributed by atoms with E-state index in [0.717, 1.165) is 17.5 Å². The molecule has 0 aliphatic heterocycles. The van der Waals surface area contributed by atoms with Gasteiger partial charge in [-0.15, -0.1) is 0 Å². The zero-order chi connectivity index (χ0) is 14.3. The average Bonchev–Trinajstić information content (AvgIpc) is 2.41. The summed E-state index contributed by atoms with van der Waals surface area (Å²) in [6.07, 6.45) is 3.09. The Kier molecular flexibility index (Phi) is 6.73. The van der Waals surface area contributed by atoms with Crippen molar-refractivity contribution in [3.8, 4) is 11.5 Å². The van der Waals surface area contributed by atoms with Crippen molar-refractivity contribution >= 4 is 17.7 Å². The van der Waals surface area contributed by atoms with Crippen LogP contribution in [0.4, 0.5) is 0 Å². The molecule has 0 fully saturated rings. The molecule has 0 aliphatic rings. The molecule has 0 saturated carbocycles. The number of rotatable bonds is 7. The van der Waals surface area contributed by atoms with Crippen LogP contribution in [-0.4, -0.2) is 24.4 Å². The van der Waals surface area contributed by atoms with Crippen LogP contribution in [0.15, 0.2) is 12.1 Å². The van der Waals surface area contributed by atoms with Crippen LogP contribution in [0, 0.1) is 0 Å². The van der Waals surface area contributed by atoms with Crippen molar-refractivity contribution in [1.82, 2.24) is 0 Å². The lowest BCUT2D eigenvalue weighted by atomic mass is 10.1. The maximum atomic E-state index is 11.7. The molecule has 19 heavy (non-hydrogen) atoms. The molecule has 0 atom stereocenters. The van der Waals surface area contributed by atoms with Gasteiger partial charge in [0.1, 0.15) is 0 Å². The fraction of sp³-hybridized carbons (Fsp3) is 0.500. The average molecular weight is 284 g/mol. The first-order valence-corrected chi connectivity index (χ1v) is 7.55. The summed E-state index contributed by atoms with van der Waals surface area (Å²) in [5.74, 6) is 1.38. The van der Waals surface area contributed by atoms with E-state index in [0.29, 0.717) is 23.7 Å². The van der Waals surface area contributed by atoms with Crippen LogP contribution in [0.5, 0.6) is 11.5 Å². The van der Waals surface area contributed by atoms with Gasteiger partial charge in [-0.05, 0) is 30.4 Å². The number of carbonyl (C=O) groups is 1. The molecule has 5 heteroatoms. The highest BCUT2D eigenvalue weighted by atomic mass is 32.2. The van der Waals surface area contributed by atoms with E-state index in [1.807, 2.05) is 19.2 Å². The van der Waals surface area contributed by atoms with Crippen molar-refractivity contribution in [3.63, 3.8) is 0 Å². The molecule has 1 N–H and O–H groups in total. The Morgan fingerprint density at radius 2 is 2.16 bits per heavy atom. The van der Waals surface area contributed by atoms with Gasteiger partial charge in [0.2, 0.25) is 0 Å². The lowest BCUT2D eigenvalue weighted by molar-refractivity contribution is -0.134. The highest BCUT2D eigenvalue weighted by Crippen LogP contribution is 2.35. The molecule has 0 bridgehead atoms. The van der Waals surface area contributed by atoms with Gasteiger partial charge < -0.3 is 14.6 Å². The number of carbonyl (C=O) groups excluding carboxylic acids is 1. The van der Waals surface area contributed by atoms with Crippen molar-refractivity contribution in [1.29, 1.82) is 0 Å². The monoisotopic (exact) mass is 284 g/mol. The Morgan fingerprint density at radius 3 is 2.68 bits per heavy atom. The lowest BCUT2D eigenvalue weighted by Gasteiger charge is -2.15. The van der Waals surface area contributed by atoms with Gasteiger partial charge >= 0.3 is 5.97 Å². The Hall–Kier alpha value is -1.20. The van der Waals surface area contributed by atoms with Gasteiger partial charge in [-0.3, -0.25) is 4.79 Å². The quantitative estimate of drug-likeness (QED) is 0.616. The number of hydrogen-bond donors (Lipinski definition) is 1.